The van der Waals surface area contributed by atoms with Gasteiger partial charge in [-0.25, -0.2) is 0 Å². The van der Waals surface area contributed by atoms with E-state index < -0.39 is 0 Å². The summed E-state index contributed by atoms with van der Waals surface area (Å²) in [6.45, 7) is 2.70. The molecule has 2 N–H and O–H groups in total. The molecule has 0 unspecified atom stereocenters. The van der Waals surface area contributed by atoms with Gasteiger partial charge in [-0.05, 0) is 44.9 Å². The first kappa shape index (κ1) is 17.0. The number of rotatable bonds is 6. The van der Waals surface area contributed by atoms with Crippen LogP contribution in [0.5, 0.6) is 0 Å². The van der Waals surface area contributed by atoms with Gasteiger partial charge in [-0.3, -0.25) is 9.59 Å². The summed E-state index contributed by atoms with van der Waals surface area (Å²) in [5, 5.41) is 0. The van der Waals surface area contributed by atoms with Crippen LogP contribution in [0.1, 0.15) is 45.4 Å². The third-order valence-corrected chi connectivity index (χ3v) is 4.22. The largest absolute Gasteiger partial charge is 0.347 e. The summed E-state index contributed by atoms with van der Waals surface area (Å²) in [5.41, 5.74) is 5.89. The van der Waals surface area contributed by atoms with Crippen LogP contribution in [0.15, 0.2) is 0 Å². The molecular weight excluding hydrogens is 254 g/mol. The maximum atomic E-state index is 12.2. The summed E-state index contributed by atoms with van der Waals surface area (Å²) in [5.74, 6) is 0.698. The lowest BCUT2D eigenvalue weighted by Gasteiger charge is -2.27. The van der Waals surface area contributed by atoms with Gasteiger partial charge in [0.1, 0.15) is 0 Å². The Morgan fingerprint density at radius 1 is 1.10 bits per heavy atom. The van der Waals surface area contributed by atoms with Gasteiger partial charge in [0.05, 0.1) is 6.54 Å². The van der Waals surface area contributed by atoms with Crippen molar-refractivity contribution in [2.24, 2.45) is 11.7 Å². The van der Waals surface area contributed by atoms with E-state index in [0.29, 0.717) is 24.9 Å². The Balaban J connectivity index is 2.34. The van der Waals surface area contributed by atoms with E-state index in [-0.39, 0.29) is 18.4 Å². The Labute approximate surface area is 122 Å². The molecule has 0 saturated heterocycles. The predicted octanol–water partition coefficient (Wildman–Crippen LogP) is 1.22. The highest BCUT2D eigenvalue weighted by Crippen LogP contribution is 2.27. The quantitative estimate of drug-likeness (QED) is 0.797. The Bertz CT molecular complexity index is 323. The average Bonchev–Trinajstić information content (AvgIpc) is 2.43. The highest BCUT2D eigenvalue weighted by Gasteiger charge is 2.21. The van der Waals surface area contributed by atoms with Crippen molar-refractivity contribution < 1.29 is 9.59 Å². The molecule has 1 rings (SSSR count). The van der Waals surface area contributed by atoms with E-state index >= 15 is 0 Å². The molecule has 1 aliphatic carbocycles. The molecule has 0 aromatic carbocycles. The van der Waals surface area contributed by atoms with Crippen LogP contribution >= 0.6 is 0 Å². The molecule has 0 bridgehead atoms. The number of hydrogen-bond donors (Lipinski definition) is 1. The molecule has 116 valence electrons. The molecule has 0 spiro atoms. The van der Waals surface area contributed by atoms with Crippen LogP contribution in [0.2, 0.25) is 0 Å². The molecule has 1 saturated carbocycles. The highest BCUT2D eigenvalue weighted by atomic mass is 16.2. The minimum atomic E-state index is -0.0242. The monoisotopic (exact) mass is 283 g/mol. The van der Waals surface area contributed by atoms with Gasteiger partial charge in [0.2, 0.25) is 11.8 Å². The SMILES string of the molecule is CCN(CC(=O)N(C)C)C(=O)CCC1CCC(N)CC1. The molecule has 0 heterocycles. The molecule has 1 aliphatic rings. The summed E-state index contributed by atoms with van der Waals surface area (Å²) in [4.78, 5) is 27.0. The molecule has 1 fully saturated rings. The zero-order valence-electron chi connectivity index (χ0n) is 13.1. The molecule has 2 amide bonds. The number of hydrogen-bond acceptors (Lipinski definition) is 3. The van der Waals surface area contributed by atoms with E-state index in [4.69, 9.17) is 5.73 Å². The fraction of sp³-hybridized carbons (Fsp3) is 0.867. The normalized spacial score (nSPS) is 22.4. The average molecular weight is 283 g/mol. The lowest BCUT2D eigenvalue weighted by Crippen LogP contribution is -2.40. The Kier molecular flexibility index (Phi) is 6.99. The molecule has 0 atom stereocenters. The zero-order chi connectivity index (χ0) is 15.1. The maximum absolute atomic E-state index is 12.2. The summed E-state index contributed by atoms with van der Waals surface area (Å²) in [6, 6.07) is 0.354. The van der Waals surface area contributed by atoms with E-state index in [2.05, 4.69) is 0 Å². The zero-order valence-corrected chi connectivity index (χ0v) is 13.1. The number of amides is 2. The smallest absolute Gasteiger partial charge is 0.241 e. The van der Waals surface area contributed by atoms with Crippen molar-refractivity contribution in [1.29, 1.82) is 0 Å². The van der Waals surface area contributed by atoms with Crippen molar-refractivity contribution in [3.05, 3.63) is 0 Å². The van der Waals surface area contributed by atoms with E-state index in [0.717, 1.165) is 32.1 Å². The number of carbonyl (C=O) groups is 2. The molecule has 0 radical (unpaired) electrons. The van der Waals surface area contributed by atoms with Crippen LogP contribution in [0.4, 0.5) is 0 Å². The van der Waals surface area contributed by atoms with Crippen LogP contribution in [-0.2, 0) is 9.59 Å². The molecule has 20 heavy (non-hydrogen) atoms. The van der Waals surface area contributed by atoms with Crippen LogP contribution in [0.25, 0.3) is 0 Å². The van der Waals surface area contributed by atoms with Gasteiger partial charge in [-0.15, -0.1) is 0 Å². The number of carbonyl (C=O) groups excluding carboxylic acids is 2. The summed E-state index contributed by atoms with van der Waals surface area (Å²) in [6.07, 6.45) is 5.91. The van der Waals surface area contributed by atoms with Gasteiger partial charge in [-0.2, -0.15) is 0 Å². The number of nitrogens with two attached hydrogens (primary N) is 1. The molecule has 0 aromatic heterocycles. The van der Waals surface area contributed by atoms with E-state index in [9.17, 15) is 9.59 Å². The van der Waals surface area contributed by atoms with Gasteiger partial charge in [0, 0.05) is 33.1 Å². The third-order valence-electron chi connectivity index (χ3n) is 4.22. The Hall–Kier alpha value is -1.10. The molecule has 0 aliphatic heterocycles. The van der Waals surface area contributed by atoms with Crippen LogP contribution in [-0.4, -0.2) is 54.8 Å². The van der Waals surface area contributed by atoms with Crippen LogP contribution < -0.4 is 5.73 Å². The second-order valence-corrected chi connectivity index (χ2v) is 6.02. The van der Waals surface area contributed by atoms with Crippen molar-refractivity contribution in [2.45, 2.75) is 51.5 Å². The third kappa shape index (κ3) is 5.49. The summed E-state index contributed by atoms with van der Waals surface area (Å²) in [7, 11) is 3.43. The maximum Gasteiger partial charge on any atom is 0.241 e. The van der Waals surface area contributed by atoms with Gasteiger partial charge in [-0.1, -0.05) is 0 Å². The lowest BCUT2D eigenvalue weighted by molar-refractivity contribution is -0.139. The van der Waals surface area contributed by atoms with Crippen LogP contribution in [0, 0.1) is 5.92 Å². The lowest BCUT2D eigenvalue weighted by atomic mass is 9.84. The first-order chi connectivity index (χ1) is 9.43. The second-order valence-electron chi connectivity index (χ2n) is 6.02. The van der Waals surface area contributed by atoms with Gasteiger partial charge in [0.15, 0.2) is 0 Å². The summed E-state index contributed by atoms with van der Waals surface area (Å²) < 4.78 is 0. The fourth-order valence-electron chi connectivity index (χ4n) is 2.64. The first-order valence-electron chi connectivity index (χ1n) is 7.67. The molecular formula is C15H29N3O2. The Morgan fingerprint density at radius 3 is 2.20 bits per heavy atom. The number of likely N-dealkylation sites (N-methyl/N-ethyl adjacent to an activating group) is 2. The van der Waals surface area contributed by atoms with Gasteiger partial charge in [0.25, 0.3) is 0 Å². The van der Waals surface area contributed by atoms with Crippen LogP contribution in [0.3, 0.4) is 0 Å². The predicted molar refractivity (Wildman–Crippen MR) is 80.1 cm³/mol. The van der Waals surface area contributed by atoms with E-state index in [1.54, 1.807) is 19.0 Å². The fourth-order valence-corrected chi connectivity index (χ4v) is 2.64. The minimum absolute atomic E-state index is 0.0242. The van der Waals surface area contributed by atoms with Crippen molar-refractivity contribution in [3.8, 4) is 0 Å². The minimum Gasteiger partial charge on any atom is -0.347 e. The first-order valence-corrected chi connectivity index (χ1v) is 7.67. The van der Waals surface area contributed by atoms with E-state index in [1.165, 1.54) is 4.90 Å². The van der Waals surface area contributed by atoms with E-state index in [1.807, 2.05) is 6.92 Å². The number of nitrogens with zero attached hydrogens (tertiary/aromatic N) is 2. The van der Waals surface area contributed by atoms with Crippen molar-refractivity contribution in [3.63, 3.8) is 0 Å². The van der Waals surface area contributed by atoms with Crippen molar-refractivity contribution >= 4 is 11.8 Å². The highest BCUT2D eigenvalue weighted by molar-refractivity contribution is 5.84. The van der Waals surface area contributed by atoms with Crippen molar-refractivity contribution in [2.75, 3.05) is 27.2 Å². The topological polar surface area (TPSA) is 66.6 Å². The van der Waals surface area contributed by atoms with Gasteiger partial charge >= 0.3 is 0 Å². The standard InChI is InChI=1S/C15H29N3O2/c1-4-18(11-15(20)17(2)3)14(19)10-7-12-5-8-13(16)9-6-12/h12-13H,4-11,16H2,1-3H3. The second kappa shape index (κ2) is 8.25. The Morgan fingerprint density at radius 2 is 1.70 bits per heavy atom. The molecule has 5 heteroatoms. The summed E-state index contributed by atoms with van der Waals surface area (Å²) >= 11 is 0. The molecule has 0 aromatic rings. The molecule has 5 nitrogen and oxygen atoms in total. The van der Waals surface area contributed by atoms with Gasteiger partial charge < -0.3 is 15.5 Å². The van der Waals surface area contributed by atoms with Crippen molar-refractivity contribution in [1.82, 2.24) is 9.80 Å².